The summed E-state index contributed by atoms with van der Waals surface area (Å²) in [5.41, 5.74) is 2.35. The summed E-state index contributed by atoms with van der Waals surface area (Å²) in [7, 11) is 0. The normalized spacial score (nSPS) is 11.2. The van der Waals surface area contributed by atoms with E-state index in [0.717, 1.165) is 21.3 Å². The number of hydrogen-bond acceptors (Lipinski definition) is 1. The molecule has 3 heteroatoms. The van der Waals surface area contributed by atoms with E-state index in [0.29, 0.717) is 0 Å². The zero-order chi connectivity index (χ0) is 14.8. The highest BCUT2D eigenvalue weighted by atomic mass is 79.9. The van der Waals surface area contributed by atoms with Crippen LogP contribution in [-0.4, -0.2) is 5.91 Å². The summed E-state index contributed by atoms with van der Waals surface area (Å²) in [5.74, 6) is -0.0128. The van der Waals surface area contributed by atoms with Crippen molar-refractivity contribution in [2.75, 3.05) is 5.32 Å². The first-order valence-electron chi connectivity index (χ1n) is 6.54. The van der Waals surface area contributed by atoms with Crippen molar-refractivity contribution in [3.05, 3.63) is 64.1 Å². The fourth-order valence-corrected chi connectivity index (χ4v) is 2.69. The number of nitrogens with one attached hydrogen (secondary N) is 1. The predicted molar refractivity (Wildman–Crippen MR) is 87.0 cm³/mol. The van der Waals surface area contributed by atoms with Crippen molar-refractivity contribution < 1.29 is 4.79 Å². The van der Waals surface area contributed by atoms with Gasteiger partial charge in [-0.15, -0.1) is 0 Å². The minimum atomic E-state index is -0.572. The van der Waals surface area contributed by atoms with Crippen molar-refractivity contribution in [1.29, 1.82) is 0 Å². The van der Waals surface area contributed by atoms with Gasteiger partial charge < -0.3 is 5.32 Å². The van der Waals surface area contributed by atoms with Gasteiger partial charge in [-0.25, -0.2) is 0 Å². The molecule has 0 heterocycles. The van der Waals surface area contributed by atoms with Crippen LogP contribution in [0.2, 0.25) is 0 Å². The van der Waals surface area contributed by atoms with Gasteiger partial charge in [-0.05, 0) is 50.1 Å². The second kappa shape index (κ2) is 5.80. The van der Waals surface area contributed by atoms with Crippen LogP contribution in [0.5, 0.6) is 0 Å². The number of halogens is 1. The van der Waals surface area contributed by atoms with Crippen LogP contribution >= 0.6 is 15.9 Å². The molecule has 2 aromatic carbocycles. The van der Waals surface area contributed by atoms with Crippen LogP contribution in [0.1, 0.15) is 25.0 Å². The number of aryl methyl sites for hydroxylation is 1. The van der Waals surface area contributed by atoms with Crippen LogP contribution in [0.4, 0.5) is 5.69 Å². The van der Waals surface area contributed by atoms with Crippen molar-refractivity contribution >= 4 is 27.5 Å². The first kappa shape index (κ1) is 14.8. The van der Waals surface area contributed by atoms with E-state index in [1.54, 1.807) is 0 Å². The third kappa shape index (κ3) is 3.28. The van der Waals surface area contributed by atoms with E-state index >= 15 is 0 Å². The fraction of sp³-hybridized carbons (Fsp3) is 0.235. The molecule has 104 valence electrons. The molecule has 0 bridgehead atoms. The molecule has 0 saturated carbocycles. The first-order chi connectivity index (χ1) is 9.39. The summed E-state index contributed by atoms with van der Waals surface area (Å²) in [6.45, 7) is 5.87. The molecular weight excluding hydrogens is 314 g/mol. The minimum Gasteiger partial charge on any atom is -0.325 e. The van der Waals surface area contributed by atoms with E-state index in [9.17, 15) is 4.79 Å². The molecule has 0 spiro atoms. The van der Waals surface area contributed by atoms with Crippen LogP contribution in [0, 0.1) is 6.92 Å². The van der Waals surface area contributed by atoms with Crippen LogP contribution in [0.25, 0.3) is 0 Å². The highest BCUT2D eigenvalue weighted by molar-refractivity contribution is 9.10. The number of amides is 1. The molecule has 1 N–H and O–H groups in total. The molecule has 0 aliphatic heterocycles. The van der Waals surface area contributed by atoms with Crippen molar-refractivity contribution in [3.8, 4) is 0 Å². The second-order valence-electron chi connectivity index (χ2n) is 5.46. The van der Waals surface area contributed by atoms with Crippen molar-refractivity contribution in [2.45, 2.75) is 26.2 Å². The van der Waals surface area contributed by atoms with E-state index in [1.807, 2.05) is 69.3 Å². The molecule has 20 heavy (non-hydrogen) atoms. The third-order valence-corrected chi connectivity index (χ3v) is 3.82. The fourth-order valence-electron chi connectivity index (χ4n) is 2.08. The monoisotopic (exact) mass is 331 g/mol. The SMILES string of the molecule is Cc1cc(Br)cc(NC(=O)C(C)(C)c2ccccc2)c1. The van der Waals surface area contributed by atoms with E-state index in [2.05, 4.69) is 21.2 Å². The molecule has 2 rings (SSSR count). The molecule has 0 fully saturated rings. The van der Waals surface area contributed by atoms with Gasteiger partial charge in [0.2, 0.25) is 5.91 Å². The van der Waals surface area contributed by atoms with Crippen molar-refractivity contribution in [3.63, 3.8) is 0 Å². The molecular formula is C17H18BrNO. The zero-order valence-electron chi connectivity index (χ0n) is 11.9. The lowest BCUT2D eigenvalue weighted by Crippen LogP contribution is -2.34. The molecule has 0 unspecified atom stereocenters. The lowest BCUT2D eigenvalue weighted by Gasteiger charge is -2.24. The maximum absolute atomic E-state index is 12.5. The number of benzene rings is 2. The Hall–Kier alpha value is -1.61. The lowest BCUT2D eigenvalue weighted by atomic mass is 9.83. The highest BCUT2D eigenvalue weighted by Gasteiger charge is 2.29. The Morgan fingerprint density at radius 2 is 1.75 bits per heavy atom. The van der Waals surface area contributed by atoms with Gasteiger partial charge in [-0.3, -0.25) is 4.79 Å². The van der Waals surface area contributed by atoms with E-state index in [-0.39, 0.29) is 5.91 Å². The molecule has 0 aliphatic carbocycles. The van der Waals surface area contributed by atoms with Gasteiger partial charge in [0.05, 0.1) is 5.41 Å². The highest BCUT2D eigenvalue weighted by Crippen LogP contribution is 2.26. The van der Waals surface area contributed by atoms with Gasteiger partial charge in [0.25, 0.3) is 0 Å². The van der Waals surface area contributed by atoms with Crippen LogP contribution < -0.4 is 5.32 Å². The van der Waals surface area contributed by atoms with Gasteiger partial charge in [0.1, 0.15) is 0 Å². The molecule has 0 atom stereocenters. The van der Waals surface area contributed by atoms with E-state index in [4.69, 9.17) is 0 Å². The summed E-state index contributed by atoms with van der Waals surface area (Å²) in [6.07, 6.45) is 0. The van der Waals surface area contributed by atoms with Crippen molar-refractivity contribution in [1.82, 2.24) is 0 Å². The Balaban J connectivity index is 2.23. The predicted octanol–water partition coefficient (Wildman–Crippen LogP) is 4.67. The summed E-state index contributed by atoms with van der Waals surface area (Å²) >= 11 is 3.45. The molecule has 0 aromatic heterocycles. The lowest BCUT2D eigenvalue weighted by molar-refractivity contribution is -0.120. The Morgan fingerprint density at radius 3 is 2.35 bits per heavy atom. The van der Waals surface area contributed by atoms with E-state index in [1.165, 1.54) is 0 Å². The Morgan fingerprint density at radius 1 is 1.10 bits per heavy atom. The molecule has 0 aliphatic rings. The number of hydrogen-bond donors (Lipinski definition) is 1. The van der Waals surface area contributed by atoms with Crippen LogP contribution in [-0.2, 0) is 10.2 Å². The molecule has 2 aromatic rings. The molecule has 0 radical (unpaired) electrons. The van der Waals surface area contributed by atoms with Gasteiger partial charge in [0, 0.05) is 10.2 Å². The maximum Gasteiger partial charge on any atom is 0.234 e. The quantitative estimate of drug-likeness (QED) is 0.869. The van der Waals surface area contributed by atoms with Crippen molar-refractivity contribution in [2.24, 2.45) is 0 Å². The first-order valence-corrected chi connectivity index (χ1v) is 7.33. The number of anilines is 1. The average Bonchev–Trinajstić information content (AvgIpc) is 2.38. The summed E-state index contributed by atoms with van der Waals surface area (Å²) < 4.78 is 0.963. The van der Waals surface area contributed by atoms with Gasteiger partial charge in [0.15, 0.2) is 0 Å². The zero-order valence-corrected chi connectivity index (χ0v) is 13.5. The Labute approximate surface area is 128 Å². The van der Waals surface area contributed by atoms with Gasteiger partial charge in [-0.1, -0.05) is 46.3 Å². The van der Waals surface area contributed by atoms with Gasteiger partial charge >= 0.3 is 0 Å². The smallest absolute Gasteiger partial charge is 0.234 e. The summed E-state index contributed by atoms with van der Waals surface area (Å²) in [6, 6.07) is 15.7. The third-order valence-electron chi connectivity index (χ3n) is 3.36. The molecule has 1 amide bonds. The average molecular weight is 332 g/mol. The largest absolute Gasteiger partial charge is 0.325 e. The van der Waals surface area contributed by atoms with E-state index < -0.39 is 5.41 Å². The topological polar surface area (TPSA) is 29.1 Å². The maximum atomic E-state index is 12.5. The number of carbonyl (C=O) groups excluding carboxylic acids is 1. The molecule has 0 saturated heterocycles. The number of rotatable bonds is 3. The molecule has 2 nitrogen and oxygen atoms in total. The standard InChI is InChI=1S/C17H18BrNO/c1-12-9-14(18)11-15(10-12)19-16(20)17(2,3)13-7-5-4-6-8-13/h4-11H,1-3H3,(H,19,20). The number of carbonyl (C=O) groups is 1. The van der Waals surface area contributed by atoms with Crippen LogP contribution in [0.15, 0.2) is 53.0 Å². The Bertz CT molecular complexity index is 600. The van der Waals surface area contributed by atoms with Gasteiger partial charge in [-0.2, -0.15) is 0 Å². The minimum absolute atomic E-state index is 0.0128. The second-order valence-corrected chi connectivity index (χ2v) is 6.38. The van der Waals surface area contributed by atoms with Crippen LogP contribution in [0.3, 0.4) is 0 Å². The summed E-state index contributed by atoms with van der Waals surface area (Å²) in [5, 5.41) is 2.99. The summed E-state index contributed by atoms with van der Waals surface area (Å²) in [4.78, 5) is 12.5. The Kier molecular flexibility index (Phi) is 4.29.